The largest absolute Gasteiger partial charge is 0.389 e. The Morgan fingerprint density at radius 2 is 0.684 bits per heavy atom. The zero-order valence-electron chi connectivity index (χ0n) is 51.5. The molecule has 95 heavy (non-hydrogen) atoms. The maximum absolute atomic E-state index is 12.0. The molecule has 43 nitrogen and oxygen atoms in total. The molecule has 6 saturated heterocycles. The molecule has 6 aliphatic heterocycles. The number of rotatable bonds is 24. The van der Waals surface area contributed by atoms with Crippen molar-refractivity contribution in [3.8, 4) is 0 Å². The molecule has 43 heteroatoms. The predicted octanol–water partition coefficient (Wildman–Crippen LogP) is -17.2. The van der Waals surface area contributed by atoms with Crippen molar-refractivity contribution < 1.29 is 123 Å². The first-order chi connectivity index (χ1) is 45.2. The molecule has 2 aromatic heterocycles. The first-order valence-electron chi connectivity index (χ1n) is 31.4. The van der Waals surface area contributed by atoms with E-state index < -0.39 is 233 Å². The molecule has 0 bridgehead atoms. The van der Waals surface area contributed by atoms with Gasteiger partial charge in [-0.2, -0.15) is 0 Å². The fraction of sp³-hybridized carbons (Fsp3) is 0.923. The molecule has 544 valence electrons. The van der Waals surface area contributed by atoms with Crippen molar-refractivity contribution >= 4 is 0 Å². The Hall–Kier alpha value is -3.20. The van der Waals surface area contributed by atoms with Crippen LogP contribution in [0.25, 0.3) is 0 Å². The Morgan fingerprint density at radius 1 is 0.358 bits per heavy atom. The number of nitrogens with two attached hydrogens (primary N) is 12. The third-order valence-electron chi connectivity index (χ3n) is 18.8. The molecule has 0 radical (unpaired) electrons. The number of aliphatic hydroxyl groups is 12. The molecule has 22 unspecified atom stereocenters. The second kappa shape index (κ2) is 31.8. The van der Waals surface area contributed by atoms with Gasteiger partial charge in [-0.3, -0.25) is 0 Å². The van der Waals surface area contributed by atoms with Crippen LogP contribution < -0.4 is 68.8 Å². The van der Waals surface area contributed by atoms with E-state index in [1.165, 1.54) is 21.8 Å². The quantitative estimate of drug-likeness (QED) is 0.0464. The fourth-order valence-corrected chi connectivity index (χ4v) is 13.1. The molecule has 8 fully saturated rings. The lowest BCUT2D eigenvalue weighted by molar-refractivity contribution is -0.306. The monoisotopic (exact) mass is 1370 g/mol. The number of ether oxygens (including phenoxy) is 13. The lowest BCUT2D eigenvalue weighted by atomic mass is 9.84. The second-order valence-electron chi connectivity index (χ2n) is 25.5. The Morgan fingerprint density at radius 3 is 1.08 bits per heavy atom. The van der Waals surface area contributed by atoms with Gasteiger partial charge < -0.3 is 192 Å². The van der Waals surface area contributed by atoms with Crippen LogP contribution in [0.4, 0.5) is 0 Å². The Bertz CT molecular complexity index is 2540. The van der Waals surface area contributed by atoms with Gasteiger partial charge in [-0.25, -0.2) is 9.36 Å². The summed E-state index contributed by atoms with van der Waals surface area (Å²) in [7, 11) is 0. The van der Waals surface area contributed by atoms with Gasteiger partial charge in [-0.1, -0.05) is 10.4 Å². The van der Waals surface area contributed by atoms with Crippen LogP contribution in [-0.2, 0) is 87.9 Å². The fourth-order valence-electron chi connectivity index (χ4n) is 13.1. The normalized spacial score (nSPS) is 49.1. The molecule has 0 spiro atoms. The Kier molecular flexibility index (Phi) is 24.9. The van der Waals surface area contributed by atoms with E-state index in [1.54, 1.807) is 0 Å². The molecule has 0 amide bonds. The summed E-state index contributed by atoms with van der Waals surface area (Å²) in [6, 6.07) is -9.29. The first kappa shape index (κ1) is 74.5. The highest BCUT2D eigenvalue weighted by Crippen LogP contribution is 2.38. The molecule has 2 aromatic rings. The minimum Gasteiger partial charge on any atom is -0.389 e. The van der Waals surface area contributed by atoms with E-state index in [1.807, 2.05) is 0 Å². The van der Waals surface area contributed by atoms with Gasteiger partial charge in [0.15, 0.2) is 37.7 Å². The average Bonchev–Trinajstić information content (AvgIpc) is 1.72. The van der Waals surface area contributed by atoms with Crippen molar-refractivity contribution in [3.63, 3.8) is 0 Å². The zero-order chi connectivity index (χ0) is 68.8. The van der Waals surface area contributed by atoms with Crippen LogP contribution in [0.5, 0.6) is 0 Å². The van der Waals surface area contributed by atoms with E-state index in [0.717, 1.165) is 0 Å². The molecule has 8 aliphatic rings. The van der Waals surface area contributed by atoms with Crippen molar-refractivity contribution in [2.45, 2.75) is 272 Å². The van der Waals surface area contributed by atoms with Gasteiger partial charge >= 0.3 is 0 Å². The lowest BCUT2D eigenvalue weighted by Gasteiger charge is -2.47. The van der Waals surface area contributed by atoms with E-state index in [-0.39, 0.29) is 76.7 Å². The summed E-state index contributed by atoms with van der Waals surface area (Å²) in [5, 5.41) is 149. The van der Waals surface area contributed by atoms with Crippen molar-refractivity contribution in [1.82, 2.24) is 30.0 Å². The van der Waals surface area contributed by atoms with E-state index >= 15 is 0 Å². The van der Waals surface area contributed by atoms with Crippen LogP contribution in [0, 0.1) is 0 Å². The number of nitrogens with zero attached hydrogens (tertiary/aromatic N) is 6. The maximum atomic E-state index is 12.0. The van der Waals surface area contributed by atoms with Gasteiger partial charge in [-0.15, -0.1) is 10.2 Å². The topological polar surface area (TPSA) is 736 Å². The van der Waals surface area contributed by atoms with Gasteiger partial charge in [0.05, 0.1) is 73.7 Å². The number of hydrogen-bond donors (Lipinski definition) is 24. The van der Waals surface area contributed by atoms with E-state index in [2.05, 4.69) is 20.6 Å². The van der Waals surface area contributed by atoms with Gasteiger partial charge in [-0.05, 0) is 12.8 Å². The lowest BCUT2D eigenvalue weighted by Crippen LogP contribution is -2.68. The van der Waals surface area contributed by atoms with Crippen LogP contribution in [0.2, 0.25) is 0 Å². The summed E-state index contributed by atoms with van der Waals surface area (Å²) in [4.78, 5) is 0. The predicted molar refractivity (Wildman–Crippen MR) is 311 cm³/mol. The molecule has 2 aliphatic carbocycles. The van der Waals surface area contributed by atoms with Crippen LogP contribution in [0.15, 0.2) is 12.4 Å². The highest BCUT2D eigenvalue weighted by molar-refractivity contribution is 5.07. The summed E-state index contributed by atoms with van der Waals surface area (Å²) >= 11 is 0. The molecular weight excluding hydrogens is 1280 g/mol. The summed E-state index contributed by atoms with van der Waals surface area (Å²) < 4.78 is 81.9. The van der Waals surface area contributed by atoms with Crippen molar-refractivity contribution in [3.05, 3.63) is 23.8 Å². The minimum atomic E-state index is -1.75. The number of aliphatic hydroxyl groups excluding tert-OH is 12. The number of hydrogen-bond acceptors (Lipinski definition) is 41. The summed E-state index contributed by atoms with van der Waals surface area (Å²) in [6.45, 7) is -1.61. The molecule has 10 rings (SSSR count). The molecule has 8 heterocycles. The van der Waals surface area contributed by atoms with Gasteiger partial charge in [0.25, 0.3) is 0 Å². The van der Waals surface area contributed by atoms with Gasteiger partial charge in [0.2, 0.25) is 0 Å². The van der Waals surface area contributed by atoms with Crippen LogP contribution in [-0.4, -0.2) is 350 Å². The van der Waals surface area contributed by atoms with Crippen molar-refractivity contribution in [2.24, 2.45) is 68.8 Å². The molecule has 38 atom stereocenters. The Labute approximate surface area is 542 Å². The molecule has 0 aromatic carbocycles. The molecule has 2 saturated carbocycles. The van der Waals surface area contributed by atoms with Crippen molar-refractivity contribution in [1.29, 1.82) is 0 Å². The third-order valence-corrected chi connectivity index (χ3v) is 18.8. The maximum Gasteiger partial charge on any atom is 0.187 e. The van der Waals surface area contributed by atoms with Crippen molar-refractivity contribution in [2.75, 3.05) is 26.2 Å². The van der Waals surface area contributed by atoms with Gasteiger partial charge in [0, 0.05) is 56.8 Å². The standard InChI is InChI=1S/C52H96N18O25/c53-4-20-31(73)35(77)25(61)47(85-20)90-41-17(59)2-15(57)29(71)45(41)94-51-39(81)43(92-49-27(63)37(79)33(75)22(6-55)87-49)19(84-51)1-13-8-70(68-65-13)12-83-11-14-9-69(67-66-14)10-24-44(93-50-28(64)38(80)34(76)23(7-56)88-50)40(82)52(89-24)95-46-30(72)16(58)3-18(60)42(46)91-48-26(62)36(78)32(74)21(5-54)86-48/h8-9,15-52,71-82H,1-7,10-12,53-64H2/t15?,16-,17?,18?,19-,20?,21?,22-,23+,24-,25?,26?,27?,28?,29+,30?,31?,32?,33?,34?,35-,36-,37?,38?,39?,40?,41?,42?,43?,44+,45?,46-,47+,48-,49+,50-,51+,52+/m1/s1. The van der Waals surface area contributed by atoms with Crippen LogP contribution >= 0.6 is 0 Å². The first-order valence-corrected chi connectivity index (χ1v) is 31.4. The summed E-state index contributed by atoms with van der Waals surface area (Å²) in [6.07, 6.45) is -40.3. The van der Waals surface area contributed by atoms with Gasteiger partial charge in [0.1, 0.15) is 141 Å². The van der Waals surface area contributed by atoms with E-state index in [4.69, 9.17) is 130 Å². The third kappa shape index (κ3) is 15.8. The highest BCUT2D eigenvalue weighted by atomic mass is 16.8. The second-order valence-corrected chi connectivity index (χ2v) is 25.5. The molecular formula is C52H96N18O25. The summed E-state index contributed by atoms with van der Waals surface area (Å²) in [5.41, 5.74) is 74.5. The van der Waals surface area contributed by atoms with E-state index in [0.29, 0.717) is 0 Å². The average molecular weight is 1370 g/mol. The van der Waals surface area contributed by atoms with Crippen LogP contribution in [0.1, 0.15) is 24.2 Å². The van der Waals surface area contributed by atoms with Crippen LogP contribution in [0.3, 0.4) is 0 Å². The minimum absolute atomic E-state index is 0.00282. The molecule has 36 N–H and O–H groups in total. The number of aromatic nitrogens is 6. The smallest absolute Gasteiger partial charge is 0.187 e. The SMILES string of the molecule is NCC1O[C@H](OC2C(N)C[C@@H](N)C(O)[C@H]2O[C@@H]2O[C@H](Cn3cc(COCn4cc(C[C@H]5O[C@@H](OC6C(O[C@@H]7OC(CN)C(O)[C@H](O)C7N)C(N)CC(N)[C@@H]6O)C(O)C5O[C@@H]5O[C@H](CN)C(O)C(O)C5N)nn4)nn3)[C@H](O[C@H]3O[C@@H](CN)C(O)C(O)C3N)C2O)C(N)[C@@H](O)C1O. The van der Waals surface area contributed by atoms with E-state index in [9.17, 15) is 61.3 Å². The summed E-state index contributed by atoms with van der Waals surface area (Å²) in [5.74, 6) is 0. The zero-order valence-corrected chi connectivity index (χ0v) is 51.5. The highest BCUT2D eigenvalue weighted by Gasteiger charge is 2.58. The Balaban J connectivity index is 0.812.